The van der Waals surface area contributed by atoms with Crippen molar-refractivity contribution in [3.63, 3.8) is 0 Å². The van der Waals surface area contributed by atoms with Crippen LogP contribution in [0.5, 0.6) is 5.75 Å². The van der Waals surface area contributed by atoms with E-state index in [1.54, 1.807) is 12.2 Å². The topological polar surface area (TPSA) is 72.5 Å². The van der Waals surface area contributed by atoms with Gasteiger partial charge in [0.1, 0.15) is 5.75 Å². The van der Waals surface area contributed by atoms with Gasteiger partial charge in [0.25, 0.3) is 5.91 Å². The number of amides is 1. The number of hydrogen-bond donors (Lipinski definition) is 1. The molecule has 0 saturated carbocycles. The largest absolute Gasteiger partial charge is 0.488 e. The van der Waals surface area contributed by atoms with Crippen LogP contribution in [-0.4, -0.2) is 14.3 Å². The van der Waals surface area contributed by atoms with Gasteiger partial charge in [-0.1, -0.05) is 35.4 Å². The first-order valence-corrected chi connectivity index (χ1v) is 8.55. The van der Waals surface area contributed by atoms with E-state index in [-0.39, 0.29) is 11.3 Å². The van der Waals surface area contributed by atoms with Crippen LogP contribution in [0.4, 0.5) is 3.89 Å². The van der Waals surface area contributed by atoms with Crippen LogP contribution < -0.4 is 9.50 Å². The molecule has 0 aliphatic heterocycles. The molecule has 0 saturated heterocycles. The number of unbranched alkanes of at least 4 members (excludes halogenated alkanes) is 2. The van der Waals surface area contributed by atoms with Gasteiger partial charge >= 0.3 is 10.5 Å². The van der Waals surface area contributed by atoms with Gasteiger partial charge in [-0.3, -0.25) is 4.79 Å². The van der Waals surface area contributed by atoms with E-state index in [1.807, 2.05) is 13.0 Å². The summed E-state index contributed by atoms with van der Waals surface area (Å²) in [7, 11) is -5.12. The number of carbonyl (C=O) groups excluding carboxylic acids is 1. The van der Waals surface area contributed by atoms with Gasteiger partial charge in [-0.2, -0.15) is 8.42 Å². The lowest BCUT2D eigenvalue weighted by molar-refractivity contribution is 0.0966. The van der Waals surface area contributed by atoms with Crippen molar-refractivity contribution in [2.75, 3.05) is 0 Å². The first-order valence-electron chi connectivity index (χ1n) is 7.24. The lowest BCUT2D eigenvalue weighted by Crippen LogP contribution is -2.22. The molecule has 0 aliphatic rings. The molecule has 5 nitrogen and oxygen atoms in total. The van der Waals surface area contributed by atoms with Crippen molar-refractivity contribution in [1.29, 1.82) is 0 Å². The molecule has 0 atom stereocenters. The monoisotopic (exact) mass is 341 g/mol. The SMILES string of the molecule is C/C=C\C(=CCCCC)NC(=O)c1cccc(OS(=O)(=O)F)c1. The first kappa shape index (κ1) is 18.9. The Labute approximate surface area is 136 Å². The number of hydrogen-bond acceptors (Lipinski definition) is 4. The molecule has 0 aromatic heterocycles. The fraction of sp³-hybridized carbons (Fsp3) is 0.312. The second-order valence-corrected chi connectivity index (χ2v) is 5.71. The van der Waals surface area contributed by atoms with Crippen molar-refractivity contribution in [2.24, 2.45) is 0 Å². The van der Waals surface area contributed by atoms with E-state index in [0.29, 0.717) is 5.70 Å². The van der Waals surface area contributed by atoms with Crippen molar-refractivity contribution >= 4 is 16.4 Å². The molecule has 1 N–H and O–H groups in total. The van der Waals surface area contributed by atoms with Crippen molar-refractivity contribution in [3.8, 4) is 5.75 Å². The van der Waals surface area contributed by atoms with E-state index >= 15 is 0 Å². The van der Waals surface area contributed by atoms with Gasteiger partial charge in [-0.15, -0.1) is 0 Å². The molecular formula is C16H20FNO4S. The van der Waals surface area contributed by atoms with E-state index in [1.165, 1.54) is 18.2 Å². The summed E-state index contributed by atoms with van der Waals surface area (Å²) in [6.45, 7) is 3.91. The average Bonchev–Trinajstić information content (AvgIpc) is 2.46. The quantitative estimate of drug-likeness (QED) is 0.445. The summed E-state index contributed by atoms with van der Waals surface area (Å²) in [6.07, 6.45) is 8.36. The maximum absolute atomic E-state index is 12.5. The molecular weight excluding hydrogens is 321 g/mol. The third-order valence-electron chi connectivity index (χ3n) is 2.82. The van der Waals surface area contributed by atoms with Gasteiger partial charge in [0.15, 0.2) is 0 Å². The molecule has 1 rings (SSSR count). The molecule has 0 heterocycles. The molecule has 1 aromatic carbocycles. The standard InChI is InChI=1S/C16H20FNO4S/c1-3-5-6-10-14(8-4-2)18-16(19)13-9-7-11-15(12-13)22-23(17,20)21/h4,7-12H,3,5-6H2,1-2H3,(H,18,19)/b8-4-,14-10?. The predicted octanol–water partition coefficient (Wildman–Crippen LogP) is 3.66. The maximum atomic E-state index is 12.5. The van der Waals surface area contributed by atoms with Gasteiger partial charge in [-0.05, 0) is 44.0 Å². The molecule has 0 aliphatic carbocycles. The fourth-order valence-electron chi connectivity index (χ4n) is 1.81. The Balaban J connectivity index is 2.87. The highest BCUT2D eigenvalue weighted by Crippen LogP contribution is 2.16. The van der Waals surface area contributed by atoms with Crippen molar-refractivity contribution in [1.82, 2.24) is 5.32 Å². The van der Waals surface area contributed by atoms with Gasteiger partial charge in [0.05, 0.1) is 0 Å². The van der Waals surface area contributed by atoms with Gasteiger partial charge in [0, 0.05) is 11.3 Å². The zero-order chi connectivity index (χ0) is 17.3. The van der Waals surface area contributed by atoms with Crippen LogP contribution in [0.15, 0.2) is 48.2 Å². The smallest absolute Gasteiger partial charge is 0.358 e. The van der Waals surface area contributed by atoms with Crippen LogP contribution >= 0.6 is 0 Å². The minimum atomic E-state index is -5.12. The first-order chi connectivity index (χ1) is 10.9. The lowest BCUT2D eigenvalue weighted by Gasteiger charge is -2.08. The second-order valence-electron chi connectivity index (χ2n) is 4.76. The Morgan fingerprint density at radius 2 is 2.13 bits per heavy atom. The highest BCUT2D eigenvalue weighted by Gasteiger charge is 2.12. The van der Waals surface area contributed by atoms with Crippen molar-refractivity contribution < 1.29 is 21.3 Å². The summed E-state index contributed by atoms with van der Waals surface area (Å²) in [5.74, 6) is -0.699. The van der Waals surface area contributed by atoms with Crippen LogP contribution in [0.2, 0.25) is 0 Å². The summed E-state index contributed by atoms with van der Waals surface area (Å²) in [4.78, 5) is 12.2. The Morgan fingerprint density at radius 3 is 2.74 bits per heavy atom. The minimum Gasteiger partial charge on any atom is -0.358 e. The number of carbonyl (C=O) groups is 1. The fourth-order valence-corrected chi connectivity index (χ4v) is 2.14. The van der Waals surface area contributed by atoms with Crippen LogP contribution in [0, 0.1) is 0 Å². The Bertz CT molecular complexity index is 696. The Kier molecular flexibility index (Phi) is 7.47. The van der Waals surface area contributed by atoms with Crippen LogP contribution in [-0.2, 0) is 10.5 Å². The third-order valence-corrected chi connectivity index (χ3v) is 3.21. The van der Waals surface area contributed by atoms with E-state index in [2.05, 4.69) is 16.4 Å². The van der Waals surface area contributed by atoms with Gasteiger partial charge < -0.3 is 9.50 Å². The summed E-state index contributed by atoms with van der Waals surface area (Å²) in [6, 6.07) is 5.29. The average molecular weight is 341 g/mol. The second kappa shape index (κ2) is 9.09. The van der Waals surface area contributed by atoms with Crippen molar-refractivity contribution in [3.05, 3.63) is 53.8 Å². The summed E-state index contributed by atoms with van der Waals surface area (Å²) < 4.78 is 37.6. The Hall–Kier alpha value is -2.15. The van der Waals surface area contributed by atoms with Gasteiger partial charge in [0.2, 0.25) is 0 Å². The van der Waals surface area contributed by atoms with E-state index in [9.17, 15) is 17.1 Å². The molecule has 23 heavy (non-hydrogen) atoms. The lowest BCUT2D eigenvalue weighted by atomic mass is 10.2. The van der Waals surface area contributed by atoms with Crippen molar-refractivity contribution in [2.45, 2.75) is 33.1 Å². The van der Waals surface area contributed by atoms with Crippen LogP contribution in [0.3, 0.4) is 0 Å². The number of benzene rings is 1. The molecule has 0 bridgehead atoms. The van der Waals surface area contributed by atoms with E-state index in [4.69, 9.17) is 0 Å². The van der Waals surface area contributed by atoms with Crippen LogP contribution in [0.1, 0.15) is 43.5 Å². The number of nitrogens with one attached hydrogen (secondary N) is 1. The van der Waals surface area contributed by atoms with E-state index in [0.717, 1.165) is 25.3 Å². The van der Waals surface area contributed by atoms with E-state index < -0.39 is 16.4 Å². The summed E-state index contributed by atoms with van der Waals surface area (Å²) in [5.41, 5.74) is 0.812. The highest BCUT2D eigenvalue weighted by molar-refractivity contribution is 7.81. The van der Waals surface area contributed by atoms with Crippen LogP contribution in [0.25, 0.3) is 0 Å². The third kappa shape index (κ3) is 7.60. The summed E-state index contributed by atoms with van der Waals surface area (Å²) >= 11 is 0. The zero-order valence-corrected chi connectivity index (χ0v) is 13.9. The number of halogens is 1. The molecule has 0 radical (unpaired) electrons. The molecule has 0 fully saturated rings. The molecule has 0 spiro atoms. The highest BCUT2D eigenvalue weighted by atomic mass is 32.3. The molecule has 1 amide bonds. The summed E-state index contributed by atoms with van der Waals surface area (Å²) in [5, 5.41) is 2.72. The maximum Gasteiger partial charge on any atom is 0.488 e. The molecule has 7 heteroatoms. The van der Waals surface area contributed by atoms with Gasteiger partial charge in [-0.25, -0.2) is 0 Å². The Morgan fingerprint density at radius 1 is 1.39 bits per heavy atom. The minimum absolute atomic E-state index is 0.164. The molecule has 1 aromatic rings. The zero-order valence-electron chi connectivity index (χ0n) is 13.1. The number of rotatable bonds is 8. The predicted molar refractivity (Wildman–Crippen MR) is 87.0 cm³/mol. The molecule has 126 valence electrons. The molecule has 0 unspecified atom stereocenters. The normalized spacial score (nSPS) is 12.4. The number of allylic oxidation sites excluding steroid dienone is 3.